The van der Waals surface area contributed by atoms with Crippen LogP contribution in [0.3, 0.4) is 0 Å². The quantitative estimate of drug-likeness (QED) is 0.633. The summed E-state index contributed by atoms with van der Waals surface area (Å²) in [5.74, 6) is 1.25. The summed E-state index contributed by atoms with van der Waals surface area (Å²) in [7, 11) is 0. The van der Waals surface area contributed by atoms with E-state index in [-0.39, 0.29) is 11.8 Å². The second-order valence-corrected chi connectivity index (χ2v) is 9.29. The molecule has 3 aliphatic carbocycles. The van der Waals surface area contributed by atoms with Gasteiger partial charge in [-0.1, -0.05) is 6.07 Å². The monoisotopic (exact) mass is 383 g/mol. The molecule has 1 unspecified atom stereocenters. The minimum absolute atomic E-state index is 0.0130. The third-order valence-corrected chi connectivity index (χ3v) is 7.80. The molecule has 1 aromatic rings. The van der Waals surface area contributed by atoms with E-state index in [0.29, 0.717) is 30.8 Å². The molecule has 1 spiro atoms. The topological polar surface area (TPSA) is 76.1 Å². The van der Waals surface area contributed by atoms with Crippen LogP contribution in [-0.2, 0) is 21.4 Å². The fourth-order valence-corrected chi connectivity index (χ4v) is 6.49. The number of carbonyl (C=O) groups excluding carboxylic acids is 2. The van der Waals surface area contributed by atoms with Crippen LogP contribution in [0, 0.1) is 5.92 Å². The summed E-state index contributed by atoms with van der Waals surface area (Å²) in [4.78, 5) is 27.0. The van der Waals surface area contributed by atoms with Gasteiger partial charge in [-0.15, -0.1) is 0 Å². The van der Waals surface area contributed by atoms with Crippen molar-refractivity contribution in [3.8, 4) is 11.5 Å². The molecule has 0 aromatic heterocycles. The Balaban J connectivity index is 1.54. The number of hydrogen-bond donors (Lipinski definition) is 1. The minimum Gasteiger partial charge on any atom is -0.477 e. The molecule has 1 aromatic carbocycles. The van der Waals surface area contributed by atoms with Gasteiger partial charge in [0.05, 0.1) is 11.0 Å². The van der Waals surface area contributed by atoms with E-state index in [1.807, 2.05) is 6.07 Å². The zero-order valence-corrected chi connectivity index (χ0v) is 16.1. The van der Waals surface area contributed by atoms with Crippen LogP contribution in [0.25, 0.3) is 0 Å². The molecule has 28 heavy (non-hydrogen) atoms. The molecular formula is C22H25NO5. The van der Waals surface area contributed by atoms with E-state index in [0.717, 1.165) is 36.6 Å². The van der Waals surface area contributed by atoms with Crippen molar-refractivity contribution in [2.45, 2.75) is 68.6 Å². The average molecular weight is 383 g/mol. The Labute approximate surface area is 163 Å². The van der Waals surface area contributed by atoms with E-state index in [9.17, 15) is 14.7 Å². The number of Topliss-reactive ketones (excluding diaryl/α,β-unsaturated/α-hetero) is 1. The molecule has 148 valence electrons. The molecule has 0 amide bonds. The highest BCUT2D eigenvalue weighted by molar-refractivity contribution is 5.90. The molecule has 2 saturated carbocycles. The standard InChI is InChI=1S/C22H25NO5/c1-12(24)27-16-5-4-14-10-17-22(26)7-6-15(25)20-21(22,18(14)19(16)28-20)8-9-23(17)11-13-2-3-13/h4-5,13,17,20,26H,2-3,6-11H2,1H3/t17-,20?,21+,22-/m1/s1. The number of hydrogen-bond acceptors (Lipinski definition) is 6. The Morgan fingerprint density at radius 2 is 2.18 bits per heavy atom. The highest BCUT2D eigenvalue weighted by Crippen LogP contribution is 2.65. The van der Waals surface area contributed by atoms with Crippen LogP contribution in [0.1, 0.15) is 50.2 Å². The van der Waals surface area contributed by atoms with E-state index in [2.05, 4.69) is 4.90 Å². The number of likely N-dealkylation sites (tertiary alicyclic amines) is 1. The van der Waals surface area contributed by atoms with E-state index in [1.165, 1.54) is 19.8 Å². The molecule has 0 radical (unpaired) electrons. The second-order valence-electron chi connectivity index (χ2n) is 9.29. The highest BCUT2D eigenvalue weighted by Gasteiger charge is 2.73. The Morgan fingerprint density at radius 3 is 2.93 bits per heavy atom. The molecule has 3 fully saturated rings. The maximum Gasteiger partial charge on any atom is 0.308 e. The fourth-order valence-electron chi connectivity index (χ4n) is 6.49. The molecule has 1 saturated heterocycles. The molecule has 1 N–H and O–H groups in total. The van der Waals surface area contributed by atoms with Crippen molar-refractivity contribution in [1.29, 1.82) is 0 Å². The number of ketones is 1. The molecule has 4 atom stereocenters. The largest absolute Gasteiger partial charge is 0.477 e. The number of nitrogens with zero attached hydrogens (tertiary/aromatic N) is 1. The Morgan fingerprint density at radius 1 is 1.36 bits per heavy atom. The first-order valence-corrected chi connectivity index (χ1v) is 10.4. The van der Waals surface area contributed by atoms with Crippen molar-refractivity contribution in [2.24, 2.45) is 5.92 Å². The number of rotatable bonds is 3. The van der Waals surface area contributed by atoms with Crippen molar-refractivity contribution in [3.05, 3.63) is 23.3 Å². The number of carbonyl (C=O) groups is 2. The minimum atomic E-state index is -0.980. The predicted octanol–water partition coefficient (Wildman–Crippen LogP) is 1.75. The van der Waals surface area contributed by atoms with Crippen LogP contribution >= 0.6 is 0 Å². The van der Waals surface area contributed by atoms with Crippen molar-refractivity contribution >= 4 is 11.8 Å². The summed E-state index contributed by atoms with van der Waals surface area (Å²) in [5, 5.41) is 12.1. The van der Waals surface area contributed by atoms with Crippen molar-refractivity contribution < 1.29 is 24.2 Å². The number of aliphatic hydroxyl groups is 1. The van der Waals surface area contributed by atoms with Crippen LogP contribution in [-0.4, -0.2) is 52.6 Å². The smallest absolute Gasteiger partial charge is 0.308 e. The summed E-state index contributed by atoms with van der Waals surface area (Å²) in [6.07, 6.45) is 4.15. The van der Waals surface area contributed by atoms with Crippen molar-refractivity contribution in [1.82, 2.24) is 4.90 Å². The van der Waals surface area contributed by atoms with Gasteiger partial charge in [-0.25, -0.2) is 0 Å². The Kier molecular flexibility index (Phi) is 3.25. The van der Waals surface area contributed by atoms with Gasteiger partial charge in [0, 0.05) is 31.5 Å². The SMILES string of the molecule is CC(=O)Oc1ccc2c3c1OC1C(=O)CC[C@@]4(O)[C@@H](C2)N(CC2CC2)CC[C@]314. The summed E-state index contributed by atoms with van der Waals surface area (Å²) in [6.45, 7) is 3.27. The van der Waals surface area contributed by atoms with Gasteiger partial charge in [0.25, 0.3) is 0 Å². The van der Waals surface area contributed by atoms with Gasteiger partial charge in [0.15, 0.2) is 23.4 Å². The summed E-state index contributed by atoms with van der Waals surface area (Å²) in [5.41, 5.74) is 0.352. The molecule has 6 heteroatoms. The van der Waals surface area contributed by atoms with Gasteiger partial charge >= 0.3 is 5.97 Å². The van der Waals surface area contributed by atoms with E-state index >= 15 is 0 Å². The number of piperidine rings is 1. The average Bonchev–Trinajstić information content (AvgIpc) is 3.38. The zero-order valence-electron chi connectivity index (χ0n) is 16.1. The predicted molar refractivity (Wildman–Crippen MR) is 99.4 cm³/mol. The Bertz CT molecular complexity index is 908. The van der Waals surface area contributed by atoms with Gasteiger partial charge in [0.1, 0.15) is 0 Å². The molecule has 2 bridgehead atoms. The second kappa shape index (κ2) is 5.36. The first-order valence-electron chi connectivity index (χ1n) is 10.4. The lowest BCUT2D eigenvalue weighted by Gasteiger charge is -2.62. The highest BCUT2D eigenvalue weighted by atomic mass is 16.6. The number of ether oxygens (including phenoxy) is 2. The van der Waals surface area contributed by atoms with E-state index in [4.69, 9.17) is 9.47 Å². The van der Waals surface area contributed by atoms with Crippen LogP contribution in [0.15, 0.2) is 12.1 Å². The Hall–Kier alpha value is -1.92. The third-order valence-electron chi connectivity index (χ3n) is 7.80. The first-order chi connectivity index (χ1) is 13.4. The maximum absolute atomic E-state index is 12.9. The molecular weight excluding hydrogens is 358 g/mol. The van der Waals surface area contributed by atoms with E-state index < -0.39 is 23.1 Å². The lowest BCUT2D eigenvalue weighted by molar-refractivity contribution is -0.188. The van der Waals surface area contributed by atoms with Gasteiger partial charge < -0.3 is 14.6 Å². The normalized spacial score (nSPS) is 38.0. The van der Waals surface area contributed by atoms with E-state index in [1.54, 1.807) is 6.07 Å². The van der Waals surface area contributed by atoms with Gasteiger partial charge in [0.2, 0.25) is 0 Å². The maximum atomic E-state index is 12.9. The van der Waals surface area contributed by atoms with Crippen LogP contribution in [0.4, 0.5) is 0 Å². The summed E-state index contributed by atoms with van der Waals surface area (Å²) < 4.78 is 11.6. The number of benzene rings is 1. The summed E-state index contributed by atoms with van der Waals surface area (Å²) >= 11 is 0. The molecule has 2 aliphatic heterocycles. The first kappa shape index (κ1) is 17.0. The van der Waals surface area contributed by atoms with Gasteiger partial charge in [-0.2, -0.15) is 0 Å². The molecule has 6 nitrogen and oxygen atoms in total. The van der Waals surface area contributed by atoms with Crippen molar-refractivity contribution in [2.75, 3.05) is 13.1 Å². The number of esters is 1. The molecule has 5 aliphatic rings. The van der Waals surface area contributed by atoms with Gasteiger partial charge in [-0.3, -0.25) is 14.5 Å². The molecule has 6 rings (SSSR count). The summed E-state index contributed by atoms with van der Waals surface area (Å²) in [6, 6.07) is 3.79. The van der Waals surface area contributed by atoms with Gasteiger partial charge in [-0.05, 0) is 56.2 Å². The van der Waals surface area contributed by atoms with Crippen LogP contribution < -0.4 is 9.47 Å². The fraction of sp³-hybridized carbons (Fsp3) is 0.636. The zero-order chi connectivity index (χ0) is 19.3. The third kappa shape index (κ3) is 1.95. The van der Waals surface area contributed by atoms with Crippen LogP contribution in [0.5, 0.6) is 11.5 Å². The van der Waals surface area contributed by atoms with Crippen molar-refractivity contribution in [3.63, 3.8) is 0 Å². The van der Waals surface area contributed by atoms with Crippen LogP contribution in [0.2, 0.25) is 0 Å². The lowest BCUT2D eigenvalue weighted by Crippen LogP contribution is -2.76. The molecule has 2 heterocycles. The lowest BCUT2D eigenvalue weighted by atomic mass is 9.49.